The van der Waals surface area contributed by atoms with Crippen molar-refractivity contribution in [2.75, 3.05) is 31.6 Å². The van der Waals surface area contributed by atoms with Crippen molar-refractivity contribution in [3.05, 3.63) is 88.5 Å². The molecule has 3 aromatic rings. The number of nitrogens with one attached hydrogen (secondary N) is 1. The van der Waals surface area contributed by atoms with Crippen LogP contribution in [0.1, 0.15) is 58.4 Å². The molecule has 9 nitrogen and oxygen atoms in total. The van der Waals surface area contributed by atoms with Gasteiger partial charge in [0.15, 0.2) is 11.5 Å². The topological polar surface area (TPSA) is 131 Å². The van der Waals surface area contributed by atoms with Gasteiger partial charge in [-0.3, -0.25) is 19.3 Å². The molecule has 1 fully saturated rings. The van der Waals surface area contributed by atoms with Gasteiger partial charge in [0.2, 0.25) is 11.8 Å². The second kappa shape index (κ2) is 12.0. The second-order valence-electron chi connectivity index (χ2n) is 10.4. The molecule has 0 radical (unpaired) electrons. The van der Waals surface area contributed by atoms with Crippen LogP contribution in [0.3, 0.4) is 0 Å². The summed E-state index contributed by atoms with van der Waals surface area (Å²) < 4.78 is 11.4. The van der Waals surface area contributed by atoms with E-state index in [1.54, 1.807) is 24.3 Å². The Hall–Kier alpha value is -4.37. The highest BCUT2D eigenvalue weighted by Gasteiger charge is 2.48. The number of carbonyl (C=O) groups excluding carboxylic acids is 2. The van der Waals surface area contributed by atoms with E-state index in [2.05, 4.69) is 5.32 Å². The summed E-state index contributed by atoms with van der Waals surface area (Å²) in [5.41, 5.74) is 10.2. The molecule has 0 unspecified atom stereocenters. The van der Waals surface area contributed by atoms with Gasteiger partial charge in [-0.25, -0.2) is 0 Å². The van der Waals surface area contributed by atoms with Crippen LogP contribution in [-0.2, 0) is 22.4 Å². The zero-order valence-electron chi connectivity index (χ0n) is 23.3. The molecule has 0 spiro atoms. The Bertz CT molecular complexity index is 1430. The van der Waals surface area contributed by atoms with Gasteiger partial charge < -0.3 is 25.6 Å². The van der Waals surface area contributed by atoms with Gasteiger partial charge in [-0.1, -0.05) is 50.2 Å². The van der Waals surface area contributed by atoms with E-state index < -0.39 is 29.8 Å². The van der Waals surface area contributed by atoms with Gasteiger partial charge in [0, 0.05) is 29.8 Å². The first-order valence-electron chi connectivity index (χ1n) is 14.0. The summed E-state index contributed by atoms with van der Waals surface area (Å²) in [7, 11) is 0. The highest BCUT2D eigenvalue weighted by atomic mass is 16.6. The van der Waals surface area contributed by atoms with Gasteiger partial charge in [0.1, 0.15) is 13.2 Å². The third-order valence-corrected chi connectivity index (χ3v) is 8.02. The quantitative estimate of drug-likeness (QED) is 0.360. The summed E-state index contributed by atoms with van der Waals surface area (Å²) >= 11 is 0. The van der Waals surface area contributed by atoms with E-state index in [0.717, 1.165) is 35.2 Å². The molecule has 0 aliphatic carbocycles. The number of aliphatic carboxylic acids is 1. The van der Waals surface area contributed by atoms with E-state index in [1.807, 2.05) is 55.1 Å². The lowest BCUT2D eigenvalue weighted by atomic mass is 9.82. The fourth-order valence-electron chi connectivity index (χ4n) is 6.03. The number of aryl methyl sites for hydroxylation is 2. The number of amides is 2. The molecule has 2 amide bonds. The average Bonchev–Trinajstić information content (AvgIpc) is 3.36. The molecule has 0 bridgehead atoms. The third-order valence-electron chi connectivity index (χ3n) is 8.02. The average molecular weight is 558 g/mol. The molecule has 3 atom stereocenters. The summed E-state index contributed by atoms with van der Waals surface area (Å²) in [6, 6.07) is 17.5. The summed E-state index contributed by atoms with van der Waals surface area (Å²) in [5.74, 6) is -1.83. The largest absolute Gasteiger partial charge is 0.486 e. The van der Waals surface area contributed by atoms with Gasteiger partial charge in [0.05, 0.1) is 12.5 Å². The molecule has 41 heavy (non-hydrogen) atoms. The number of hydrogen-bond acceptors (Lipinski definition) is 6. The number of ether oxygens (including phenoxy) is 2. The van der Waals surface area contributed by atoms with Crippen LogP contribution in [0.5, 0.6) is 11.5 Å². The lowest BCUT2D eigenvalue weighted by molar-refractivity contribution is -0.143. The summed E-state index contributed by atoms with van der Waals surface area (Å²) in [6.45, 7) is 5.30. The highest BCUT2D eigenvalue weighted by Crippen LogP contribution is 2.47. The Balaban J connectivity index is 1.50. The molecule has 2 aliphatic heterocycles. The number of carboxylic acids is 1. The van der Waals surface area contributed by atoms with Crippen LogP contribution in [0.25, 0.3) is 0 Å². The highest BCUT2D eigenvalue weighted by molar-refractivity contribution is 5.94. The number of rotatable bonds is 9. The summed E-state index contributed by atoms with van der Waals surface area (Å²) in [6.07, 6.45) is 1.55. The third kappa shape index (κ3) is 5.76. The Morgan fingerprint density at radius 2 is 1.56 bits per heavy atom. The second-order valence-corrected chi connectivity index (χ2v) is 10.4. The van der Waals surface area contributed by atoms with Crippen LogP contribution < -0.4 is 20.5 Å². The number of likely N-dealkylation sites (tertiary alicyclic amines) is 1. The lowest BCUT2D eigenvalue weighted by Gasteiger charge is -2.27. The fourth-order valence-corrected chi connectivity index (χ4v) is 6.03. The number of anilines is 1. The number of carboxylic acid groups (broad SMARTS) is 1. The smallest absolute Gasteiger partial charge is 0.309 e. The Morgan fingerprint density at radius 3 is 2.17 bits per heavy atom. The minimum atomic E-state index is -0.971. The van der Waals surface area contributed by atoms with E-state index >= 15 is 0 Å². The number of hydrogen-bond donors (Lipinski definition) is 3. The first-order valence-corrected chi connectivity index (χ1v) is 14.0. The molecule has 9 heteroatoms. The van der Waals surface area contributed by atoms with Crippen molar-refractivity contribution in [2.45, 2.75) is 38.6 Å². The predicted molar refractivity (Wildman–Crippen MR) is 154 cm³/mol. The number of benzene rings is 3. The van der Waals surface area contributed by atoms with Crippen molar-refractivity contribution in [1.29, 1.82) is 0 Å². The van der Waals surface area contributed by atoms with Crippen molar-refractivity contribution < 1.29 is 29.0 Å². The van der Waals surface area contributed by atoms with Crippen LogP contribution in [0, 0.1) is 5.92 Å². The maximum Gasteiger partial charge on any atom is 0.309 e. The van der Waals surface area contributed by atoms with Gasteiger partial charge in [-0.05, 0) is 59.4 Å². The summed E-state index contributed by atoms with van der Waals surface area (Å²) in [4.78, 5) is 40.0. The first-order chi connectivity index (χ1) is 19.8. The molecule has 2 heterocycles. The number of para-hydroxylation sites is 1. The van der Waals surface area contributed by atoms with Crippen LogP contribution in [-0.4, -0.2) is 54.1 Å². The number of fused-ring (bicyclic) bond motifs is 1. The number of nitrogens with zero attached hydrogens (tertiary/aromatic N) is 1. The molecule has 5 rings (SSSR count). The monoisotopic (exact) mass is 557 g/mol. The minimum absolute atomic E-state index is 0.00568. The van der Waals surface area contributed by atoms with Crippen molar-refractivity contribution in [2.24, 2.45) is 11.7 Å². The van der Waals surface area contributed by atoms with E-state index in [4.69, 9.17) is 15.2 Å². The van der Waals surface area contributed by atoms with Gasteiger partial charge >= 0.3 is 5.97 Å². The number of carbonyl (C=O) groups is 3. The zero-order valence-corrected chi connectivity index (χ0v) is 23.3. The van der Waals surface area contributed by atoms with Crippen LogP contribution in [0.4, 0.5) is 5.69 Å². The van der Waals surface area contributed by atoms with E-state index in [9.17, 15) is 19.5 Å². The predicted octanol–water partition coefficient (Wildman–Crippen LogP) is 4.16. The standard InChI is InChI=1S/C32H35N3O6/c1-3-19-6-5-7-20(4-2)29(19)34-27(36)18-35-17-24(23-12-13-25-26(16-23)41-15-14-40-25)28(32(38)39)30(35)21-8-10-22(11-9-21)31(33)37/h5-13,16,24,28,30H,3-4,14-15,17-18H2,1-2H3,(H2,33,37)(H,34,36)(H,38,39)/t24-,28-,30+/m1/s1. The molecule has 1 saturated heterocycles. The molecule has 0 aromatic heterocycles. The van der Waals surface area contributed by atoms with Crippen molar-refractivity contribution in [3.8, 4) is 11.5 Å². The Kier molecular flexibility index (Phi) is 8.26. The van der Waals surface area contributed by atoms with Crippen molar-refractivity contribution in [3.63, 3.8) is 0 Å². The molecule has 0 saturated carbocycles. The van der Waals surface area contributed by atoms with Crippen LogP contribution in [0.2, 0.25) is 0 Å². The number of primary amides is 1. The van der Waals surface area contributed by atoms with E-state index in [-0.39, 0.29) is 12.5 Å². The molecule has 3 aromatic carbocycles. The molecular formula is C32H35N3O6. The summed E-state index contributed by atoms with van der Waals surface area (Å²) in [5, 5.41) is 13.6. The normalized spacial score (nSPS) is 20.0. The maximum atomic E-state index is 13.5. The van der Waals surface area contributed by atoms with E-state index in [1.165, 1.54) is 0 Å². The SMILES string of the molecule is CCc1cccc(CC)c1NC(=O)CN1C[C@H](c2ccc3c(c2)OCCO3)[C@@H](C(=O)O)[C@@H]1c1ccc(C(N)=O)cc1. The van der Waals surface area contributed by atoms with Crippen LogP contribution >= 0.6 is 0 Å². The molecule has 214 valence electrons. The van der Waals surface area contributed by atoms with Gasteiger partial charge in [-0.15, -0.1) is 0 Å². The Labute approximate surface area is 239 Å². The van der Waals surface area contributed by atoms with Crippen LogP contribution in [0.15, 0.2) is 60.7 Å². The molecule has 4 N–H and O–H groups in total. The zero-order chi connectivity index (χ0) is 29.1. The van der Waals surface area contributed by atoms with Gasteiger partial charge in [0.25, 0.3) is 0 Å². The Morgan fingerprint density at radius 1 is 0.927 bits per heavy atom. The number of nitrogens with two attached hydrogens (primary N) is 1. The van der Waals surface area contributed by atoms with Crippen molar-refractivity contribution >= 4 is 23.5 Å². The van der Waals surface area contributed by atoms with E-state index in [0.29, 0.717) is 42.4 Å². The van der Waals surface area contributed by atoms with Crippen molar-refractivity contribution in [1.82, 2.24) is 4.90 Å². The van der Waals surface area contributed by atoms with Gasteiger partial charge in [-0.2, -0.15) is 0 Å². The molecular weight excluding hydrogens is 522 g/mol. The first kappa shape index (κ1) is 28.2. The minimum Gasteiger partial charge on any atom is -0.486 e. The fraction of sp³-hybridized carbons (Fsp3) is 0.344. The molecule has 2 aliphatic rings. The lowest BCUT2D eigenvalue weighted by Crippen LogP contribution is -2.35. The maximum absolute atomic E-state index is 13.5.